The minimum absolute atomic E-state index is 0.000777. The molecule has 1 heterocycles. The van der Waals surface area contributed by atoms with Gasteiger partial charge >= 0.3 is 0 Å². The number of thioether (sulfide) groups is 1. The van der Waals surface area contributed by atoms with E-state index in [1.165, 1.54) is 0 Å². The zero-order valence-electron chi connectivity index (χ0n) is 12.2. The van der Waals surface area contributed by atoms with Gasteiger partial charge in [0.05, 0.1) is 22.0 Å². The molecule has 1 atom stereocenters. The van der Waals surface area contributed by atoms with Gasteiger partial charge in [0, 0.05) is 5.69 Å². The molecule has 0 aliphatic heterocycles. The van der Waals surface area contributed by atoms with Gasteiger partial charge in [-0.15, -0.1) is 11.8 Å². The molecule has 1 aromatic heterocycles. The van der Waals surface area contributed by atoms with Crippen LogP contribution in [0.25, 0.3) is 11.0 Å². The number of anilines is 1. The van der Waals surface area contributed by atoms with Gasteiger partial charge in [-0.3, -0.25) is 4.79 Å². The smallest absolute Gasteiger partial charge is 0.234 e. The first-order chi connectivity index (χ1) is 10.7. The average molecular weight is 311 g/mol. The lowest BCUT2D eigenvalue weighted by Crippen LogP contribution is -2.14. The molecule has 2 N–H and O–H groups in total. The van der Waals surface area contributed by atoms with Crippen LogP contribution in [0.2, 0.25) is 0 Å². The molecule has 112 valence electrons. The second-order valence-electron chi connectivity index (χ2n) is 5.01. The highest BCUT2D eigenvalue weighted by Gasteiger charge is 2.13. The summed E-state index contributed by atoms with van der Waals surface area (Å²) in [6.45, 7) is 2.05. The van der Waals surface area contributed by atoms with Crippen molar-refractivity contribution in [3.05, 3.63) is 60.4 Å². The molecule has 22 heavy (non-hydrogen) atoms. The minimum atomic E-state index is -0.000777. The summed E-state index contributed by atoms with van der Waals surface area (Å²) in [5.41, 5.74) is 2.81. The van der Waals surface area contributed by atoms with Gasteiger partial charge in [0.2, 0.25) is 5.91 Å². The van der Waals surface area contributed by atoms with E-state index in [0.29, 0.717) is 5.75 Å². The number of amides is 1. The lowest BCUT2D eigenvalue weighted by atomic mass is 10.3. The molecule has 1 amide bonds. The molecule has 3 aromatic rings. The van der Waals surface area contributed by atoms with E-state index in [2.05, 4.69) is 22.2 Å². The number of aromatic nitrogens is 2. The summed E-state index contributed by atoms with van der Waals surface area (Å²) in [5.74, 6) is 1.30. The number of rotatable bonds is 5. The number of benzene rings is 2. The van der Waals surface area contributed by atoms with Crippen LogP contribution >= 0.6 is 11.8 Å². The highest BCUT2D eigenvalue weighted by atomic mass is 32.2. The van der Waals surface area contributed by atoms with Crippen LogP contribution in [-0.2, 0) is 4.79 Å². The molecule has 0 spiro atoms. The van der Waals surface area contributed by atoms with Crippen LogP contribution in [0.1, 0.15) is 18.0 Å². The zero-order valence-corrected chi connectivity index (χ0v) is 13.1. The van der Waals surface area contributed by atoms with Crippen molar-refractivity contribution in [1.82, 2.24) is 9.97 Å². The first-order valence-electron chi connectivity index (χ1n) is 7.13. The Balaban J connectivity index is 1.57. The Bertz CT molecular complexity index is 737. The van der Waals surface area contributed by atoms with Gasteiger partial charge in [0.15, 0.2) is 0 Å². The number of carbonyl (C=O) groups is 1. The third-order valence-electron chi connectivity index (χ3n) is 3.31. The number of nitrogens with one attached hydrogen (secondary N) is 2. The van der Waals surface area contributed by atoms with E-state index in [1.807, 2.05) is 54.6 Å². The zero-order chi connectivity index (χ0) is 15.4. The minimum Gasteiger partial charge on any atom is -0.341 e. The van der Waals surface area contributed by atoms with Crippen molar-refractivity contribution < 1.29 is 4.79 Å². The van der Waals surface area contributed by atoms with E-state index >= 15 is 0 Å². The summed E-state index contributed by atoms with van der Waals surface area (Å²) in [4.78, 5) is 19.8. The molecule has 5 heteroatoms. The molecule has 3 rings (SSSR count). The predicted molar refractivity (Wildman–Crippen MR) is 92.0 cm³/mol. The summed E-state index contributed by atoms with van der Waals surface area (Å²) in [5, 5.41) is 3.02. The highest BCUT2D eigenvalue weighted by Crippen LogP contribution is 2.27. The topological polar surface area (TPSA) is 57.8 Å². The van der Waals surface area contributed by atoms with Gasteiger partial charge in [-0.05, 0) is 31.2 Å². The van der Waals surface area contributed by atoms with Crippen LogP contribution in [-0.4, -0.2) is 21.6 Å². The van der Waals surface area contributed by atoms with Crippen molar-refractivity contribution in [2.75, 3.05) is 11.1 Å². The van der Waals surface area contributed by atoms with Crippen molar-refractivity contribution in [3.63, 3.8) is 0 Å². The second-order valence-corrected chi connectivity index (χ2v) is 6.34. The third kappa shape index (κ3) is 3.49. The number of carbonyl (C=O) groups excluding carboxylic acids is 1. The maximum atomic E-state index is 12.0. The Kier molecular flexibility index (Phi) is 4.44. The first kappa shape index (κ1) is 14.7. The molecule has 2 aromatic carbocycles. The Morgan fingerprint density at radius 2 is 1.91 bits per heavy atom. The molecule has 0 aliphatic rings. The van der Waals surface area contributed by atoms with Crippen molar-refractivity contribution in [3.8, 4) is 0 Å². The molecule has 1 unspecified atom stereocenters. The van der Waals surface area contributed by atoms with Crippen LogP contribution < -0.4 is 5.32 Å². The molecule has 0 saturated carbocycles. The lowest BCUT2D eigenvalue weighted by Gasteiger charge is -2.09. The normalized spacial score (nSPS) is 12.2. The van der Waals surface area contributed by atoms with E-state index in [9.17, 15) is 4.79 Å². The second kappa shape index (κ2) is 6.66. The number of para-hydroxylation sites is 3. The fourth-order valence-electron chi connectivity index (χ4n) is 2.16. The first-order valence-corrected chi connectivity index (χ1v) is 8.18. The van der Waals surface area contributed by atoms with Crippen molar-refractivity contribution in [2.45, 2.75) is 12.2 Å². The maximum absolute atomic E-state index is 12.0. The molecular weight excluding hydrogens is 294 g/mol. The molecule has 0 fully saturated rings. The van der Waals surface area contributed by atoms with Gasteiger partial charge < -0.3 is 10.3 Å². The SMILES string of the molecule is CC(SCC(=O)Nc1ccccc1)c1nc2ccccc2[nH]1. The van der Waals surface area contributed by atoms with Crippen LogP contribution in [0.5, 0.6) is 0 Å². The monoisotopic (exact) mass is 311 g/mol. The Morgan fingerprint density at radius 3 is 2.68 bits per heavy atom. The Morgan fingerprint density at radius 1 is 1.18 bits per heavy atom. The quantitative estimate of drug-likeness (QED) is 0.749. The van der Waals surface area contributed by atoms with Crippen molar-refractivity contribution in [1.29, 1.82) is 0 Å². The summed E-state index contributed by atoms with van der Waals surface area (Å²) >= 11 is 1.57. The summed E-state index contributed by atoms with van der Waals surface area (Å²) in [6.07, 6.45) is 0. The van der Waals surface area contributed by atoms with E-state index in [-0.39, 0.29) is 11.2 Å². The van der Waals surface area contributed by atoms with Gasteiger partial charge in [-0.1, -0.05) is 30.3 Å². The summed E-state index contributed by atoms with van der Waals surface area (Å²) in [6, 6.07) is 17.4. The molecule has 0 radical (unpaired) electrons. The predicted octanol–water partition coefficient (Wildman–Crippen LogP) is 4.00. The summed E-state index contributed by atoms with van der Waals surface area (Å²) in [7, 11) is 0. The van der Waals surface area contributed by atoms with Crippen LogP contribution in [0.3, 0.4) is 0 Å². The van der Waals surface area contributed by atoms with Crippen LogP contribution in [0.4, 0.5) is 5.69 Å². The van der Waals surface area contributed by atoms with E-state index in [0.717, 1.165) is 22.5 Å². The highest BCUT2D eigenvalue weighted by molar-refractivity contribution is 8.00. The molecule has 0 aliphatic carbocycles. The molecule has 4 nitrogen and oxygen atoms in total. The Hall–Kier alpha value is -2.27. The van der Waals surface area contributed by atoms with Crippen LogP contribution in [0.15, 0.2) is 54.6 Å². The number of nitrogens with zero attached hydrogens (tertiary/aromatic N) is 1. The van der Waals surface area contributed by atoms with Crippen molar-refractivity contribution >= 4 is 34.4 Å². The van der Waals surface area contributed by atoms with Gasteiger partial charge in [0.1, 0.15) is 5.82 Å². The van der Waals surface area contributed by atoms with E-state index in [1.54, 1.807) is 11.8 Å². The number of imidazole rings is 1. The van der Waals surface area contributed by atoms with Gasteiger partial charge in [-0.25, -0.2) is 4.98 Å². The number of fused-ring (bicyclic) bond motifs is 1. The standard InChI is InChI=1S/C17H17N3OS/c1-12(17-19-14-9-5-6-10-15(14)20-17)22-11-16(21)18-13-7-3-2-4-8-13/h2-10,12H,11H2,1H3,(H,18,21)(H,19,20). The third-order valence-corrected chi connectivity index (χ3v) is 4.47. The molecule has 0 saturated heterocycles. The average Bonchev–Trinajstić information content (AvgIpc) is 2.98. The largest absolute Gasteiger partial charge is 0.341 e. The number of aromatic amines is 1. The van der Waals surface area contributed by atoms with Crippen LogP contribution in [0, 0.1) is 0 Å². The lowest BCUT2D eigenvalue weighted by molar-refractivity contribution is -0.113. The number of hydrogen-bond acceptors (Lipinski definition) is 3. The van der Waals surface area contributed by atoms with Gasteiger partial charge in [-0.2, -0.15) is 0 Å². The Labute approximate surface area is 133 Å². The molecule has 0 bridgehead atoms. The van der Waals surface area contributed by atoms with E-state index < -0.39 is 0 Å². The fourth-order valence-corrected chi connectivity index (χ4v) is 2.91. The fraction of sp³-hybridized carbons (Fsp3) is 0.176. The maximum Gasteiger partial charge on any atom is 0.234 e. The summed E-state index contributed by atoms with van der Waals surface area (Å²) < 4.78 is 0. The number of H-pyrrole nitrogens is 1. The van der Waals surface area contributed by atoms with E-state index in [4.69, 9.17) is 0 Å². The molecular formula is C17H17N3OS. The van der Waals surface area contributed by atoms with Crippen molar-refractivity contribution in [2.24, 2.45) is 0 Å². The number of hydrogen-bond donors (Lipinski definition) is 2. The van der Waals surface area contributed by atoms with Gasteiger partial charge in [0.25, 0.3) is 0 Å².